The van der Waals surface area contributed by atoms with Crippen molar-refractivity contribution in [3.05, 3.63) is 0 Å². The van der Waals surface area contributed by atoms with Crippen LogP contribution in [0.5, 0.6) is 0 Å². The number of hydrogen-bond donors (Lipinski definition) is 1. The van der Waals surface area contributed by atoms with Crippen LogP contribution < -0.4 is 0 Å². The van der Waals surface area contributed by atoms with Gasteiger partial charge in [-0.15, -0.1) is 0 Å². The van der Waals surface area contributed by atoms with Crippen molar-refractivity contribution >= 4 is 0 Å². The zero-order valence-corrected chi connectivity index (χ0v) is 12.9. The topological polar surface area (TPSA) is 20.2 Å². The Bertz CT molecular complexity index is 238. The third-order valence-electron chi connectivity index (χ3n) is 5.70. The van der Waals surface area contributed by atoms with Crippen LogP contribution in [-0.2, 0) is 0 Å². The third-order valence-corrected chi connectivity index (χ3v) is 5.70. The van der Waals surface area contributed by atoms with E-state index < -0.39 is 0 Å². The Balaban J connectivity index is 1.66. The van der Waals surface area contributed by atoms with Gasteiger partial charge in [0.2, 0.25) is 0 Å². The van der Waals surface area contributed by atoms with Gasteiger partial charge in [0.15, 0.2) is 0 Å². The van der Waals surface area contributed by atoms with Gasteiger partial charge >= 0.3 is 0 Å². The first-order valence-electron chi connectivity index (χ1n) is 8.99. The Kier molecular flexibility index (Phi) is 6.70. The molecular weight excluding hydrogens is 232 g/mol. The largest absolute Gasteiger partial charge is 0.393 e. The second kappa shape index (κ2) is 8.29. The number of rotatable bonds is 7. The molecule has 0 amide bonds. The van der Waals surface area contributed by atoms with Gasteiger partial charge in [-0.2, -0.15) is 0 Å². The van der Waals surface area contributed by atoms with E-state index in [-0.39, 0.29) is 6.10 Å². The van der Waals surface area contributed by atoms with Crippen molar-refractivity contribution in [1.29, 1.82) is 0 Å². The molecule has 1 nitrogen and oxygen atoms in total. The van der Waals surface area contributed by atoms with E-state index in [0.29, 0.717) is 0 Å². The lowest BCUT2D eigenvalue weighted by atomic mass is 9.64. The van der Waals surface area contributed by atoms with E-state index in [1.165, 1.54) is 70.6 Å². The van der Waals surface area contributed by atoms with Gasteiger partial charge in [0, 0.05) is 0 Å². The van der Waals surface area contributed by atoms with Gasteiger partial charge in [-0.1, -0.05) is 71.1 Å². The minimum atomic E-state index is 0.0198. The van der Waals surface area contributed by atoms with Crippen LogP contribution in [0.2, 0.25) is 0 Å². The molecule has 2 aliphatic carbocycles. The highest BCUT2D eigenvalue weighted by molar-refractivity contribution is 4.87. The summed E-state index contributed by atoms with van der Waals surface area (Å²) in [6, 6.07) is 0. The van der Waals surface area contributed by atoms with E-state index in [2.05, 4.69) is 6.92 Å². The van der Waals surface area contributed by atoms with Crippen molar-refractivity contribution in [2.75, 3.05) is 0 Å². The molecule has 0 aromatic rings. The fourth-order valence-electron chi connectivity index (χ4n) is 4.58. The SMILES string of the molecule is CCCCCCCCC1CCCC2CCC(O)CC12. The van der Waals surface area contributed by atoms with Crippen molar-refractivity contribution < 1.29 is 5.11 Å². The molecule has 2 aliphatic rings. The summed E-state index contributed by atoms with van der Waals surface area (Å²) in [5.74, 6) is 2.77. The fourth-order valence-corrected chi connectivity index (χ4v) is 4.58. The lowest BCUT2D eigenvalue weighted by Crippen LogP contribution is -2.35. The summed E-state index contributed by atoms with van der Waals surface area (Å²) in [6.07, 6.45) is 17.8. The maximum Gasteiger partial charge on any atom is 0.0543 e. The van der Waals surface area contributed by atoms with Gasteiger partial charge in [0.1, 0.15) is 0 Å². The smallest absolute Gasteiger partial charge is 0.0543 e. The van der Waals surface area contributed by atoms with Gasteiger partial charge in [-0.3, -0.25) is 0 Å². The Labute approximate surface area is 120 Å². The van der Waals surface area contributed by atoms with E-state index in [0.717, 1.165) is 30.6 Å². The molecule has 2 saturated carbocycles. The summed E-state index contributed by atoms with van der Waals surface area (Å²) in [5, 5.41) is 9.93. The van der Waals surface area contributed by atoms with Gasteiger partial charge in [0.05, 0.1) is 6.10 Å². The number of aliphatic hydroxyl groups is 1. The minimum Gasteiger partial charge on any atom is -0.393 e. The van der Waals surface area contributed by atoms with Crippen molar-refractivity contribution in [2.45, 2.75) is 96.5 Å². The first kappa shape index (κ1) is 15.4. The van der Waals surface area contributed by atoms with E-state index in [9.17, 15) is 5.11 Å². The molecule has 0 bridgehead atoms. The summed E-state index contributed by atoms with van der Waals surface area (Å²) in [7, 11) is 0. The molecule has 112 valence electrons. The van der Waals surface area contributed by atoms with E-state index in [4.69, 9.17) is 0 Å². The second-order valence-electron chi connectivity index (χ2n) is 7.14. The van der Waals surface area contributed by atoms with E-state index >= 15 is 0 Å². The number of hydrogen-bond acceptors (Lipinski definition) is 1. The van der Waals surface area contributed by atoms with Crippen molar-refractivity contribution in [2.24, 2.45) is 17.8 Å². The van der Waals surface area contributed by atoms with Crippen molar-refractivity contribution in [1.82, 2.24) is 0 Å². The number of fused-ring (bicyclic) bond motifs is 1. The van der Waals surface area contributed by atoms with Crippen LogP contribution in [0, 0.1) is 17.8 Å². The third kappa shape index (κ3) is 4.77. The van der Waals surface area contributed by atoms with Crippen molar-refractivity contribution in [3.63, 3.8) is 0 Å². The van der Waals surface area contributed by atoms with Gasteiger partial charge in [-0.25, -0.2) is 0 Å². The van der Waals surface area contributed by atoms with Crippen molar-refractivity contribution in [3.8, 4) is 0 Å². The average molecular weight is 266 g/mol. The molecule has 19 heavy (non-hydrogen) atoms. The second-order valence-corrected chi connectivity index (χ2v) is 7.14. The molecule has 0 aromatic carbocycles. The number of unbranched alkanes of at least 4 members (excludes halogenated alkanes) is 5. The quantitative estimate of drug-likeness (QED) is 0.619. The lowest BCUT2D eigenvalue weighted by molar-refractivity contribution is 0.0156. The van der Waals surface area contributed by atoms with Crippen LogP contribution in [0.25, 0.3) is 0 Å². The first-order valence-corrected chi connectivity index (χ1v) is 8.99. The average Bonchev–Trinajstić information content (AvgIpc) is 2.43. The van der Waals surface area contributed by atoms with Gasteiger partial charge < -0.3 is 5.11 Å². The molecule has 0 radical (unpaired) electrons. The Morgan fingerprint density at radius 3 is 2.53 bits per heavy atom. The fraction of sp³-hybridized carbons (Fsp3) is 1.00. The van der Waals surface area contributed by atoms with E-state index in [1.54, 1.807) is 0 Å². The zero-order chi connectivity index (χ0) is 13.5. The predicted octanol–water partition coefficient (Wildman–Crippen LogP) is 5.31. The van der Waals surface area contributed by atoms with Crippen LogP contribution in [0.3, 0.4) is 0 Å². The highest BCUT2D eigenvalue weighted by Crippen LogP contribution is 2.45. The maximum absolute atomic E-state index is 9.93. The molecule has 2 fully saturated rings. The first-order chi connectivity index (χ1) is 9.31. The predicted molar refractivity (Wildman–Crippen MR) is 82.2 cm³/mol. The molecule has 1 heteroatoms. The molecule has 2 rings (SSSR count). The monoisotopic (exact) mass is 266 g/mol. The van der Waals surface area contributed by atoms with E-state index in [1.807, 2.05) is 0 Å². The maximum atomic E-state index is 9.93. The zero-order valence-electron chi connectivity index (χ0n) is 12.9. The van der Waals surface area contributed by atoms with Crippen LogP contribution in [-0.4, -0.2) is 11.2 Å². The minimum absolute atomic E-state index is 0.0198. The summed E-state index contributed by atoms with van der Waals surface area (Å²) < 4.78 is 0. The van der Waals surface area contributed by atoms with Gasteiger partial charge in [-0.05, 0) is 37.0 Å². The molecule has 0 saturated heterocycles. The molecule has 4 unspecified atom stereocenters. The number of aliphatic hydroxyl groups excluding tert-OH is 1. The molecule has 0 heterocycles. The molecule has 0 spiro atoms. The molecular formula is C18H34O. The highest BCUT2D eigenvalue weighted by Gasteiger charge is 2.36. The standard InChI is InChI=1S/C18H34O/c1-2-3-4-5-6-7-9-15-10-8-11-16-12-13-17(19)14-18(15)16/h15-19H,2-14H2,1H3. The summed E-state index contributed by atoms with van der Waals surface area (Å²) in [5.41, 5.74) is 0. The van der Waals surface area contributed by atoms with Gasteiger partial charge in [0.25, 0.3) is 0 Å². The van der Waals surface area contributed by atoms with Crippen LogP contribution >= 0.6 is 0 Å². The summed E-state index contributed by atoms with van der Waals surface area (Å²) >= 11 is 0. The Morgan fingerprint density at radius 2 is 1.68 bits per heavy atom. The van der Waals surface area contributed by atoms with Crippen LogP contribution in [0.4, 0.5) is 0 Å². The van der Waals surface area contributed by atoms with Crippen LogP contribution in [0.1, 0.15) is 90.4 Å². The molecule has 0 aliphatic heterocycles. The molecule has 0 aromatic heterocycles. The van der Waals surface area contributed by atoms with Crippen LogP contribution in [0.15, 0.2) is 0 Å². The Hall–Kier alpha value is -0.0400. The Morgan fingerprint density at radius 1 is 0.895 bits per heavy atom. The lowest BCUT2D eigenvalue weighted by Gasteiger charge is -2.43. The molecule has 1 N–H and O–H groups in total. The summed E-state index contributed by atoms with van der Waals surface area (Å²) in [4.78, 5) is 0. The highest BCUT2D eigenvalue weighted by atomic mass is 16.3. The summed E-state index contributed by atoms with van der Waals surface area (Å²) in [6.45, 7) is 2.29. The normalized spacial score (nSPS) is 35.1. The molecule has 4 atom stereocenters.